The number of anilines is 1. The first-order valence-corrected chi connectivity index (χ1v) is 11.9. The van der Waals surface area contributed by atoms with Crippen LogP contribution in [0.1, 0.15) is 37.3 Å². The van der Waals surface area contributed by atoms with Crippen LogP contribution in [0.15, 0.2) is 70.7 Å². The molecule has 3 aromatic rings. The van der Waals surface area contributed by atoms with Gasteiger partial charge in [-0.3, -0.25) is 24.4 Å². The van der Waals surface area contributed by atoms with E-state index in [1.165, 1.54) is 13.2 Å². The Kier molecular flexibility index (Phi) is 4.94. The molecule has 1 aliphatic carbocycles. The zero-order valence-electron chi connectivity index (χ0n) is 18.7. The Labute approximate surface area is 208 Å². The van der Waals surface area contributed by atoms with Gasteiger partial charge < -0.3 is 9.84 Å². The molecule has 0 unspecified atom stereocenters. The number of amides is 2. The number of Topliss-reactive ketones (excluding diaryl/α,β-unsaturated/α-hetero) is 1. The largest absolute Gasteiger partial charge is 0.506 e. The minimum atomic E-state index is -1.13. The second kappa shape index (κ2) is 8.06. The number of methoxy groups -OCH3 is 1. The lowest BCUT2D eigenvalue weighted by Gasteiger charge is -2.18. The molecule has 2 aromatic heterocycles. The molecule has 6 rings (SSSR count). The van der Waals surface area contributed by atoms with Crippen LogP contribution in [0.5, 0.6) is 0 Å². The van der Waals surface area contributed by atoms with E-state index < -0.39 is 41.4 Å². The lowest BCUT2D eigenvalue weighted by molar-refractivity contribution is -0.122. The first kappa shape index (κ1) is 22.1. The van der Waals surface area contributed by atoms with Crippen LogP contribution in [0.2, 0.25) is 0 Å². The van der Waals surface area contributed by atoms with Crippen molar-refractivity contribution in [1.29, 1.82) is 0 Å². The summed E-state index contributed by atoms with van der Waals surface area (Å²) in [6.45, 7) is 0. The Balaban J connectivity index is 1.51. The van der Waals surface area contributed by atoms with Crippen molar-refractivity contribution < 1.29 is 29.0 Å². The molecule has 2 aliphatic heterocycles. The van der Waals surface area contributed by atoms with E-state index in [-0.39, 0.29) is 27.6 Å². The van der Waals surface area contributed by atoms with Crippen LogP contribution < -0.4 is 4.90 Å². The van der Waals surface area contributed by atoms with E-state index in [0.717, 1.165) is 16.2 Å². The number of ether oxygens (including phenoxy) is 1. The number of esters is 1. The number of carbonyl (C=O) groups excluding carboxylic acids is 4. The summed E-state index contributed by atoms with van der Waals surface area (Å²) < 4.78 is 4.82. The molecule has 1 saturated heterocycles. The molecule has 0 bridgehead atoms. The molecule has 0 saturated carbocycles. The Morgan fingerprint density at radius 1 is 1.03 bits per heavy atom. The van der Waals surface area contributed by atoms with Crippen LogP contribution >= 0.6 is 11.3 Å². The zero-order chi connectivity index (χ0) is 25.1. The van der Waals surface area contributed by atoms with Gasteiger partial charge in [0.2, 0.25) is 11.8 Å². The highest BCUT2D eigenvalue weighted by Crippen LogP contribution is 2.49. The van der Waals surface area contributed by atoms with Crippen LogP contribution in [-0.4, -0.2) is 46.5 Å². The summed E-state index contributed by atoms with van der Waals surface area (Å²) in [6.07, 6.45) is 1.55. The highest BCUT2D eigenvalue weighted by Gasteiger charge is 2.60. The van der Waals surface area contributed by atoms with E-state index in [9.17, 15) is 24.3 Å². The molecule has 2 amide bonds. The number of aliphatic imine (C=N–C) groups is 1. The normalized spacial score (nSPS) is 22.7. The molecule has 4 heterocycles. The summed E-state index contributed by atoms with van der Waals surface area (Å²) >= 11 is 1.05. The molecule has 1 N–H and O–H groups in total. The highest BCUT2D eigenvalue weighted by atomic mass is 32.1. The zero-order valence-corrected chi connectivity index (χ0v) is 19.6. The number of carbonyl (C=O) groups is 4. The number of fused-ring (bicyclic) bond motifs is 2. The lowest BCUT2D eigenvalue weighted by atomic mass is 9.84. The van der Waals surface area contributed by atoms with Gasteiger partial charge in [-0.1, -0.05) is 30.3 Å². The van der Waals surface area contributed by atoms with Crippen molar-refractivity contribution in [2.24, 2.45) is 16.8 Å². The van der Waals surface area contributed by atoms with Crippen molar-refractivity contribution in [1.82, 2.24) is 4.98 Å². The Morgan fingerprint density at radius 2 is 1.78 bits per heavy atom. The van der Waals surface area contributed by atoms with Gasteiger partial charge in [-0.05, 0) is 23.6 Å². The highest BCUT2D eigenvalue weighted by molar-refractivity contribution is 7.12. The van der Waals surface area contributed by atoms with Gasteiger partial charge in [0.1, 0.15) is 16.7 Å². The molecule has 3 aliphatic rings. The van der Waals surface area contributed by atoms with E-state index >= 15 is 0 Å². The van der Waals surface area contributed by atoms with Crippen molar-refractivity contribution in [3.63, 3.8) is 0 Å². The number of rotatable bonds is 4. The Morgan fingerprint density at radius 3 is 2.47 bits per heavy atom. The van der Waals surface area contributed by atoms with Crippen LogP contribution in [0, 0.1) is 11.8 Å². The van der Waals surface area contributed by atoms with Gasteiger partial charge in [-0.25, -0.2) is 9.69 Å². The van der Waals surface area contributed by atoms with E-state index in [0.29, 0.717) is 16.8 Å². The summed E-state index contributed by atoms with van der Waals surface area (Å²) in [5.41, 5.74) is 1.17. The molecule has 1 fully saturated rings. The number of hydrogen-bond donors (Lipinski definition) is 1. The molecule has 1 aromatic carbocycles. The summed E-state index contributed by atoms with van der Waals surface area (Å²) in [5.74, 6) is -4.74. The molecule has 3 atom stereocenters. The third-order valence-corrected chi connectivity index (χ3v) is 7.54. The predicted octanol–water partition coefficient (Wildman–Crippen LogP) is 3.40. The summed E-state index contributed by atoms with van der Waals surface area (Å²) in [4.78, 5) is 63.3. The molecular weight excluding hydrogens is 482 g/mol. The molecule has 178 valence electrons. The Hall–Kier alpha value is -4.44. The number of ketones is 1. The van der Waals surface area contributed by atoms with E-state index in [4.69, 9.17) is 4.74 Å². The number of imide groups is 1. The fourth-order valence-corrected chi connectivity index (χ4v) is 5.89. The van der Waals surface area contributed by atoms with Crippen LogP contribution in [0.25, 0.3) is 5.76 Å². The second-order valence-corrected chi connectivity index (χ2v) is 9.37. The quantitative estimate of drug-likeness (QED) is 0.431. The number of aliphatic hydroxyl groups is 1. The summed E-state index contributed by atoms with van der Waals surface area (Å²) in [5, 5.41) is 12.6. The van der Waals surface area contributed by atoms with E-state index in [1.807, 2.05) is 0 Å². The smallest absolute Gasteiger partial charge is 0.350 e. The number of benzene rings is 1. The van der Waals surface area contributed by atoms with Gasteiger partial charge >= 0.3 is 5.97 Å². The number of hydrogen-bond acceptors (Lipinski definition) is 9. The minimum absolute atomic E-state index is 0.0463. The van der Waals surface area contributed by atoms with E-state index in [1.54, 1.807) is 54.0 Å². The van der Waals surface area contributed by atoms with Crippen LogP contribution in [0.4, 0.5) is 5.69 Å². The number of aromatic nitrogens is 1. The van der Waals surface area contributed by atoms with Crippen molar-refractivity contribution in [3.8, 4) is 0 Å². The van der Waals surface area contributed by atoms with Gasteiger partial charge in [0, 0.05) is 17.3 Å². The number of allylic oxidation sites excluding steroid dienone is 1. The maximum Gasteiger partial charge on any atom is 0.350 e. The first-order chi connectivity index (χ1) is 17.4. The van der Waals surface area contributed by atoms with E-state index in [2.05, 4.69) is 9.98 Å². The summed E-state index contributed by atoms with van der Waals surface area (Å²) in [7, 11) is 1.22. The average Bonchev–Trinajstić information content (AvgIpc) is 3.64. The number of pyridine rings is 1. The first-order valence-electron chi connectivity index (χ1n) is 11.0. The van der Waals surface area contributed by atoms with Crippen molar-refractivity contribution in [3.05, 3.63) is 87.4 Å². The van der Waals surface area contributed by atoms with Crippen LogP contribution in [0.3, 0.4) is 0 Å². The molecular formula is C26H17N3O6S. The standard InChI is InChI=1S/C26H17N3O6S/c1-35-26(34)23-15(9-11-36-23)29-24(32)16-17(25(29)33)20(28-19(16)14-8-4-5-10-27-14)18-21(30)12-6-2-3-7-13(12)22(18)31/h2-11,16-17,19,30H,1H3/t16-,17-,19+/m1/s1. The maximum atomic E-state index is 13.8. The van der Waals surface area contributed by atoms with Crippen molar-refractivity contribution >= 4 is 52.1 Å². The van der Waals surface area contributed by atoms with Crippen molar-refractivity contribution in [2.45, 2.75) is 6.04 Å². The average molecular weight is 500 g/mol. The SMILES string of the molecule is COC(=O)c1sccc1N1C(=O)[C@H]2C(C3=C(O)c4ccccc4C3=O)=N[C@@H](c3ccccn3)[C@@H]2C1=O. The van der Waals surface area contributed by atoms with Crippen molar-refractivity contribution in [2.75, 3.05) is 12.0 Å². The third kappa shape index (κ3) is 2.94. The van der Waals surface area contributed by atoms with Gasteiger partial charge in [0.05, 0.1) is 41.6 Å². The molecule has 9 nitrogen and oxygen atoms in total. The Bertz CT molecular complexity index is 1540. The molecule has 36 heavy (non-hydrogen) atoms. The summed E-state index contributed by atoms with van der Waals surface area (Å²) in [6, 6.07) is 12.4. The van der Waals surface area contributed by atoms with Gasteiger partial charge in [0.25, 0.3) is 0 Å². The third-order valence-electron chi connectivity index (χ3n) is 6.66. The molecule has 0 radical (unpaired) electrons. The van der Waals surface area contributed by atoms with Crippen LogP contribution in [-0.2, 0) is 14.3 Å². The number of aliphatic hydroxyl groups excluding tert-OH is 1. The number of thiophene rings is 1. The maximum absolute atomic E-state index is 13.8. The fraction of sp³-hybridized carbons (Fsp3) is 0.154. The van der Waals surface area contributed by atoms with Gasteiger partial charge in [0.15, 0.2) is 5.78 Å². The second-order valence-electron chi connectivity index (χ2n) is 8.45. The monoisotopic (exact) mass is 499 g/mol. The lowest BCUT2D eigenvalue weighted by Crippen LogP contribution is -2.34. The number of nitrogens with zero attached hydrogens (tertiary/aromatic N) is 3. The minimum Gasteiger partial charge on any atom is -0.506 e. The molecule has 10 heteroatoms. The van der Waals surface area contributed by atoms with Gasteiger partial charge in [-0.15, -0.1) is 11.3 Å². The predicted molar refractivity (Wildman–Crippen MR) is 130 cm³/mol. The van der Waals surface area contributed by atoms with Gasteiger partial charge in [-0.2, -0.15) is 0 Å². The topological polar surface area (TPSA) is 126 Å². The molecule has 0 spiro atoms. The fourth-order valence-electron chi connectivity index (χ4n) is 5.09.